The van der Waals surface area contributed by atoms with Crippen molar-refractivity contribution < 1.29 is 9.13 Å². The number of hydrogen-bond acceptors (Lipinski definition) is 3. The second-order valence-corrected chi connectivity index (χ2v) is 4.83. The summed E-state index contributed by atoms with van der Waals surface area (Å²) in [5.74, 6) is -0.0371. The Bertz CT molecular complexity index is 543. The minimum atomic E-state index is -0.343. The van der Waals surface area contributed by atoms with Gasteiger partial charge in [0.15, 0.2) is 11.6 Å². The van der Waals surface area contributed by atoms with Crippen molar-refractivity contribution in [3.63, 3.8) is 0 Å². The lowest BCUT2D eigenvalue weighted by Gasteiger charge is -2.13. The Morgan fingerprint density at radius 1 is 1.25 bits per heavy atom. The van der Waals surface area contributed by atoms with Crippen LogP contribution in [0.4, 0.5) is 4.39 Å². The van der Waals surface area contributed by atoms with Crippen LogP contribution in [0, 0.1) is 5.82 Å². The van der Waals surface area contributed by atoms with Crippen LogP contribution in [-0.2, 0) is 12.8 Å². The van der Waals surface area contributed by atoms with E-state index in [1.54, 1.807) is 12.3 Å². The first-order valence-corrected chi connectivity index (χ1v) is 6.72. The number of benzene rings is 1. The van der Waals surface area contributed by atoms with Gasteiger partial charge in [0.05, 0.1) is 6.61 Å². The molecule has 0 aliphatic rings. The number of ether oxygens (including phenoxy) is 1. The van der Waals surface area contributed by atoms with Crippen LogP contribution in [0.25, 0.3) is 0 Å². The first kappa shape index (κ1) is 14.5. The number of halogens is 1. The third kappa shape index (κ3) is 4.03. The first-order valence-electron chi connectivity index (χ1n) is 6.72. The molecule has 1 aromatic heterocycles. The quantitative estimate of drug-likeness (QED) is 0.881. The molecule has 2 N–H and O–H groups in total. The summed E-state index contributed by atoms with van der Waals surface area (Å²) in [5.41, 5.74) is 7.51. The first-order chi connectivity index (χ1) is 9.66. The van der Waals surface area contributed by atoms with E-state index in [-0.39, 0.29) is 11.9 Å². The van der Waals surface area contributed by atoms with Crippen LogP contribution in [0.1, 0.15) is 18.2 Å². The summed E-state index contributed by atoms with van der Waals surface area (Å²) in [7, 11) is 0. The van der Waals surface area contributed by atoms with Gasteiger partial charge < -0.3 is 10.5 Å². The largest absolute Gasteiger partial charge is 0.490 e. The van der Waals surface area contributed by atoms with E-state index >= 15 is 0 Å². The van der Waals surface area contributed by atoms with Crippen molar-refractivity contribution in [1.82, 2.24) is 4.98 Å². The molecule has 0 saturated carbocycles. The maximum atomic E-state index is 13.8. The summed E-state index contributed by atoms with van der Waals surface area (Å²) in [4.78, 5) is 4.21. The molecular formula is C16H19FN2O. The summed E-state index contributed by atoms with van der Waals surface area (Å²) in [6, 6.07) is 10.6. The van der Waals surface area contributed by atoms with E-state index in [9.17, 15) is 4.39 Å². The summed E-state index contributed by atoms with van der Waals surface area (Å²) in [6.45, 7) is 2.28. The normalized spacial score (nSPS) is 12.2. The molecule has 0 fully saturated rings. The number of pyridine rings is 1. The summed E-state index contributed by atoms with van der Waals surface area (Å²) >= 11 is 0. The van der Waals surface area contributed by atoms with Gasteiger partial charge in [0.1, 0.15) is 0 Å². The highest BCUT2D eigenvalue weighted by Crippen LogP contribution is 2.24. The Kier molecular flexibility index (Phi) is 5.07. The Morgan fingerprint density at radius 3 is 2.80 bits per heavy atom. The summed E-state index contributed by atoms with van der Waals surface area (Å²) in [5, 5.41) is 0. The van der Waals surface area contributed by atoms with Crippen molar-refractivity contribution in [2.24, 2.45) is 5.73 Å². The molecule has 0 amide bonds. The Labute approximate surface area is 118 Å². The van der Waals surface area contributed by atoms with E-state index in [0.29, 0.717) is 25.2 Å². The van der Waals surface area contributed by atoms with Crippen molar-refractivity contribution >= 4 is 0 Å². The van der Waals surface area contributed by atoms with Crippen molar-refractivity contribution in [2.45, 2.75) is 25.8 Å². The average Bonchev–Trinajstić information content (AvgIpc) is 2.42. The van der Waals surface area contributed by atoms with Crippen LogP contribution in [0.2, 0.25) is 0 Å². The standard InChI is InChI=1S/C16H19FN2O/c1-12(18)11-13-5-4-7-15(17)16(13)20-10-8-14-6-2-3-9-19-14/h2-7,9,12H,8,10-11,18H2,1H3. The van der Waals surface area contributed by atoms with Gasteiger partial charge in [-0.05, 0) is 37.1 Å². The van der Waals surface area contributed by atoms with E-state index in [1.807, 2.05) is 31.2 Å². The van der Waals surface area contributed by atoms with Crippen LogP contribution >= 0.6 is 0 Å². The lowest BCUT2D eigenvalue weighted by Crippen LogP contribution is -2.19. The second-order valence-electron chi connectivity index (χ2n) is 4.83. The molecule has 0 aliphatic carbocycles. The SMILES string of the molecule is CC(N)Cc1cccc(F)c1OCCc1ccccn1. The molecule has 0 saturated heterocycles. The van der Waals surface area contributed by atoms with E-state index in [1.165, 1.54) is 6.07 Å². The number of aromatic nitrogens is 1. The number of nitrogens with zero attached hydrogens (tertiary/aromatic N) is 1. The molecule has 0 radical (unpaired) electrons. The predicted octanol–water partition coefficient (Wildman–Crippen LogP) is 2.73. The lowest BCUT2D eigenvalue weighted by atomic mass is 10.1. The highest BCUT2D eigenvalue weighted by atomic mass is 19.1. The number of nitrogens with two attached hydrogens (primary N) is 1. The molecule has 1 atom stereocenters. The van der Waals surface area contributed by atoms with Gasteiger partial charge in [-0.15, -0.1) is 0 Å². The van der Waals surface area contributed by atoms with Gasteiger partial charge in [-0.1, -0.05) is 18.2 Å². The Balaban J connectivity index is 2.01. The molecule has 0 bridgehead atoms. The zero-order chi connectivity index (χ0) is 14.4. The Morgan fingerprint density at radius 2 is 2.10 bits per heavy atom. The van der Waals surface area contributed by atoms with Gasteiger partial charge in [0.2, 0.25) is 0 Å². The highest BCUT2D eigenvalue weighted by Gasteiger charge is 2.11. The fraction of sp³-hybridized carbons (Fsp3) is 0.312. The van der Waals surface area contributed by atoms with Crippen LogP contribution in [0.3, 0.4) is 0 Å². The van der Waals surface area contributed by atoms with Crippen LogP contribution < -0.4 is 10.5 Å². The molecule has 1 aromatic carbocycles. The minimum absolute atomic E-state index is 0.0325. The van der Waals surface area contributed by atoms with Crippen LogP contribution in [-0.4, -0.2) is 17.6 Å². The maximum absolute atomic E-state index is 13.8. The second kappa shape index (κ2) is 7.01. The molecule has 2 aromatic rings. The monoisotopic (exact) mass is 274 g/mol. The van der Waals surface area contributed by atoms with Crippen LogP contribution in [0.15, 0.2) is 42.6 Å². The van der Waals surface area contributed by atoms with Gasteiger partial charge in [-0.2, -0.15) is 0 Å². The van der Waals surface area contributed by atoms with E-state index < -0.39 is 0 Å². The van der Waals surface area contributed by atoms with Gasteiger partial charge in [0.25, 0.3) is 0 Å². The minimum Gasteiger partial charge on any atom is -0.490 e. The zero-order valence-corrected chi connectivity index (χ0v) is 11.6. The summed E-state index contributed by atoms with van der Waals surface area (Å²) in [6.07, 6.45) is 2.98. The number of hydrogen-bond donors (Lipinski definition) is 1. The third-order valence-electron chi connectivity index (χ3n) is 2.92. The van der Waals surface area contributed by atoms with Crippen molar-refractivity contribution in [1.29, 1.82) is 0 Å². The fourth-order valence-electron chi connectivity index (χ4n) is 2.03. The van der Waals surface area contributed by atoms with Crippen molar-refractivity contribution in [3.8, 4) is 5.75 Å². The molecule has 1 unspecified atom stereocenters. The number of rotatable bonds is 6. The average molecular weight is 274 g/mol. The molecule has 3 nitrogen and oxygen atoms in total. The van der Waals surface area contributed by atoms with Gasteiger partial charge in [0, 0.05) is 24.4 Å². The molecule has 2 rings (SSSR count). The van der Waals surface area contributed by atoms with Gasteiger partial charge in [-0.3, -0.25) is 4.98 Å². The number of para-hydroxylation sites is 1. The highest BCUT2D eigenvalue weighted by molar-refractivity contribution is 5.35. The van der Waals surface area contributed by atoms with E-state index in [4.69, 9.17) is 10.5 Å². The van der Waals surface area contributed by atoms with Crippen molar-refractivity contribution in [2.75, 3.05) is 6.61 Å². The molecule has 20 heavy (non-hydrogen) atoms. The molecular weight excluding hydrogens is 255 g/mol. The Hall–Kier alpha value is -1.94. The third-order valence-corrected chi connectivity index (χ3v) is 2.92. The molecule has 106 valence electrons. The molecule has 0 aliphatic heterocycles. The molecule has 1 heterocycles. The van der Waals surface area contributed by atoms with E-state index in [0.717, 1.165) is 11.3 Å². The molecule has 4 heteroatoms. The van der Waals surface area contributed by atoms with Crippen molar-refractivity contribution in [3.05, 3.63) is 59.7 Å². The lowest BCUT2D eigenvalue weighted by molar-refractivity contribution is 0.300. The van der Waals surface area contributed by atoms with Gasteiger partial charge >= 0.3 is 0 Å². The topological polar surface area (TPSA) is 48.1 Å². The van der Waals surface area contributed by atoms with E-state index in [2.05, 4.69) is 4.98 Å². The summed E-state index contributed by atoms with van der Waals surface area (Å²) < 4.78 is 19.4. The fourth-order valence-corrected chi connectivity index (χ4v) is 2.03. The van der Waals surface area contributed by atoms with Gasteiger partial charge in [-0.25, -0.2) is 4.39 Å². The zero-order valence-electron chi connectivity index (χ0n) is 11.6. The maximum Gasteiger partial charge on any atom is 0.165 e. The van der Waals surface area contributed by atoms with Crippen LogP contribution in [0.5, 0.6) is 5.75 Å². The molecule has 0 spiro atoms. The smallest absolute Gasteiger partial charge is 0.165 e. The predicted molar refractivity (Wildman–Crippen MR) is 77.2 cm³/mol.